The summed E-state index contributed by atoms with van der Waals surface area (Å²) in [5.41, 5.74) is -1.21. The zero-order chi connectivity index (χ0) is 17.4. The molecule has 0 bridgehead atoms. The number of alkyl carbamates (subject to hydrolysis) is 1. The molecule has 1 aromatic rings. The Morgan fingerprint density at radius 1 is 1.39 bits per heavy atom. The SMILES string of the molecule is CCO[C@@]1(NC(=O)OC(C)(C)C)C(=O)N(C)c2ccc(Cl)cc21. The molecule has 0 fully saturated rings. The highest BCUT2D eigenvalue weighted by molar-refractivity contribution is 6.31. The van der Waals surface area contributed by atoms with Crippen molar-refractivity contribution in [3.63, 3.8) is 0 Å². The van der Waals surface area contributed by atoms with Gasteiger partial charge < -0.3 is 14.4 Å². The van der Waals surface area contributed by atoms with Gasteiger partial charge in [0.1, 0.15) is 5.60 Å². The third-order valence-corrected chi connectivity index (χ3v) is 3.58. The zero-order valence-corrected chi connectivity index (χ0v) is 14.7. The number of hydrogen-bond donors (Lipinski definition) is 1. The van der Waals surface area contributed by atoms with Gasteiger partial charge in [-0.1, -0.05) is 11.6 Å². The minimum absolute atomic E-state index is 0.224. The summed E-state index contributed by atoms with van der Waals surface area (Å²) >= 11 is 6.06. The summed E-state index contributed by atoms with van der Waals surface area (Å²) in [5, 5.41) is 3.03. The highest BCUT2D eigenvalue weighted by Crippen LogP contribution is 2.41. The molecule has 0 unspecified atom stereocenters. The molecule has 0 radical (unpaired) electrons. The number of benzene rings is 1. The van der Waals surface area contributed by atoms with E-state index >= 15 is 0 Å². The normalized spacial score (nSPS) is 20.4. The van der Waals surface area contributed by atoms with Crippen LogP contribution in [-0.4, -0.2) is 31.3 Å². The number of anilines is 1. The van der Waals surface area contributed by atoms with E-state index in [4.69, 9.17) is 21.1 Å². The molecule has 1 aromatic carbocycles. The predicted molar refractivity (Wildman–Crippen MR) is 87.5 cm³/mol. The molecule has 1 heterocycles. The van der Waals surface area contributed by atoms with Gasteiger partial charge >= 0.3 is 6.09 Å². The Bertz CT molecular complexity index is 641. The number of halogens is 1. The Kier molecular flexibility index (Phi) is 4.59. The fraction of sp³-hybridized carbons (Fsp3) is 0.500. The molecule has 1 N–H and O–H groups in total. The number of carbonyl (C=O) groups excluding carboxylic acids is 2. The monoisotopic (exact) mass is 340 g/mol. The number of nitrogens with one attached hydrogen (secondary N) is 1. The molecule has 7 heteroatoms. The minimum Gasteiger partial charge on any atom is -0.444 e. The van der Waals surface area contributed by atoms with Crippen LogP contribution < -0.4 is 10.2 Å². The summed E-state index contributed by atoms with van der Waals surface area (Å²) in [7, 11) is 1.62. The number of amides is 2. The van der Waals surface area contributed by atoms with Crippen molar-refractivity contribution in [2.45, 2.75) is 39.0 Å². The van der Waals surface area contributed by atoms with E-state index in [-0.39, 0.29) is 6.61 Å². The standard InChI is InChI=1S/C16H21ClN2O4/c1-6-22-16(18-14(21)23-15(2,3)4)11-9-10(17)7-8-12(11)19(5)13(16)20/h7-9H,6H2,1-5H3,(H,18,21)/t16-/m1/s1. The van der Waals surface area contributed by atoms with E-state index in [1.54, 1.807) is 52.9 Å². The van der Waals surface area contributed by atoms with Gasteiger partial charge in [-0.25, -0.2) is 4.79 Å². The molecule has 0 spiro atoms. The summed E-state index contributed by atoms with van der Waals surface area (Å²) in [4.78, 5) is 26.4. The highest BCUT2D eigenvalue weighted by Gasteiger charge is 2.53. The molecule has 1 atom stereocenters. The second-order valence-corrected chi connectivity index (χ2v) is 6.70. The van der Waals surface area contributed by atoms with Gasteiger partial charge in [0.25, 0.3) is 11.6 Å². The Hall–Kier alpha value is -1.79. The number of fused-ring (bicyclic) bond motifs is 1. The molecule has 23 heavy (non-hydrogen) atoms. The summed E-state index contributed by atoms with van der Waals surface area (Å²) in [6.07, 6.45) is -0.736. The highest BCUT2D eigenvalue weighted by atomic mass is 35.5. The van der Waals surface area contributed by atoms with E-state index in [1.807, 2.05) is 0 Å². The summed E-state index contributed by atoms with van der Waals surface area (Å²) in [6.45, 7) is 7.20. The lowest BCUT2D eigenvalue weighted by Crippen LogP contribution is -2.55. The second-order valence-electron chi connectivity index (χ2n) is 6.27. The van der Waals surface area contributed by atoms with Crippen LogP contribution in [-0.2, 0) is 20.0 Å². The Labute approximate surface area is 140 Å². The van der Waals surface area contributed by atoms with Crippen LogP contribution in [0.4, 0.5) is 10.5 Å². The lowest BCUT2D eigenvalue weighted by atomic mass is 10.0. The first-order chi connectivity index (χ1) is 10.6. The molecule has 2 rings (SSSR count). The van der Waals surface area contributed by atoms with Crippen molar-refractivity contribution in [1.29, 1.82) is 0 Å². The van der Waals surface area contributed by atoms with Gasteiger partial charge in [0.05, 0.1) is 5.69 Å². The largest absolute Gasteiger partial charge is 0.444 e. The third-order valence-electron chi connectivity index (χ3n) is 3.34. The fourth-order valence-electron chi connectivity index (χ4n) is 2.50. The van der Waals surface area contributed by atoms with E-state index in [1.165, 1.54) is 4.90 Å². The van der Waals surface area contributed by atoms with Crippen molar-refractivity contribution in [2.75, 3.05) is 18.6 Å². The molecule has 0 saturated carbocycles. The first kappa shape index (κ1) is 17.6. The topological polar surface area (TPSA) is 67.9 Å². The molecular formula is C16H21ClN2O4. The summed E-state index contributed by atoms with van der Waals surface area (Å²) in [5.74, 6) is -0.400. The quantitative estimate of drug-likeness (QED) is 0.859. The maximum absolute atomic E-state index is 12.8. The number of carbonyl (C=O) groups is 2. The van der Waals surface area contributed by atoms with Gasteiger partial charge in [-0.2, -0.15) is 0 Å². The molecule has 0 aromatic heterocycles. The minimum atomic E-state index is -1.63. The van der Waals surface area contributed by atoms with E-state index in [0.29, 0.717) is 16.3 Å². The number of rotatable bonds is 3. The van der Waals surface area contributed by atoms with E-state index in [0.717, 1.165) is 0 Å². The molecule has 126 valence electrons. The molecule has 2 amide bonds. The van der Waals surface area contributed by atoms with Crippen LogP contribution >= 0.6 is 11.6 Å². The average Bonchev–Trinajstić information content (AvgIpc) is 2.60. The van der Waals surface area contributed by atoms with Gasteiger partial charge in [-0.3, -0.25) is 10.1 Å². The Balaban J connectivity index is 2.46. The van der Waals surface area contributed by atoms with Crippen molar-refractivity contribution in [3.8, 4) is 0 Å². The summed E-state index contributed by atoms with van der Waals surface area (Å²) < 4.78 is 10.9. The van der Waals surface area contributed by atoms with Crippen molar-refractivity contribution in [1.82, 2.24) is 5.32 Å². The van der Waals surface area contributed by atoms with E-state index in [9.17, 15) is 9.59 Å². The number of hydrogen-bond acceptors (Lipinski definition) is 4. The molecule has 6 nitrogen and oxygen atoms in total. The first-order valence-corrected chi connectivity index (χ1v) is 7.72. The van der Waals surface area contributed by atoms with Crippen molar-refractivity contribution < 1.29 is 19.1 Å². The van der Waals surface area contributed by atoms with Gasteiger partial charge in [-0.15, -0.1) is 0 Å². The van der Waals surface area contributed by atoms with Gasteiger partial charge in [0, 0.05) is 24.2 Å². The zero-order valence-electron chi connectivity index (χ0n) is 13.9. The van der Waals surface area contributed by atoms with Crippen LogP contribution in [0, 0.1) is 0 Å². The molecular weight excluding hydrogens is 320 g/mol. The molecule has 1 aliphatic heterocycles. The van der Waals surface area contributed by atoms with Crippen molar-refractivity contribution >= 4 is 29.3 Å². The van der Waals surface area contributed by atoms with Crippen molar-refractivity contribution in [2.24, 2.45) is 0 Å². The van der Waals surface area contributed by atoms with Gasteiger partial charge in [0.2, 0.25) is 0 Å². The van der Waals surface area contributed by atoms with Gasteiger partial charge in [-0.05, 0) is 45.9 Å². The molecule has 0 aliphatic carbocycles. The molecule has 1 aliphatic rings. The average molecular weight is 341 g/mol. The van der Waals surface area contributed by atoms with E-state index < -0.39 is 23.3 Å². The lowest BCUT2D eigenvalue weighted by Gasteiger charge is -2.30. The number of nitrogens with zero attached hydrogens (tertiary/aromatic N) is 1. The van der Waals surface area contributed by atoms with Crippen molar-refractivity contribution in [3.05, 3.63) is 28.8 Å². The Morgan fingerprint density at radius 3 is 2.61 bits per heavy atom. The third kappa shape index (κ3) is 3.28. The Morgan fingerprint density at radius 2 is 2.04 bits per heavy atom. The van der Waals surface area contributed by atoms with Crippen LogP contribution in [0.25, 0.3) is 0 Å². The maximum Gasteiger partial charge on any atom is 0.410 e. The van der Waals surface area contributed by atoms with E-state index in [2.05, 4.69) is 5.32 Å². The number of ether oxygens (including phenoxy) is 2. The fourth-order valence-corrected chi connectivity index (χ4v) is 2.68. The first-order valence-electron chi connectivity index (χ1n) is 7.34. The maximum atomic E-state index is 12.8. The predicted octanol–water partition coefficient (Wildman–Crippen LogP) is 3.03. The smallest absolute Gasteiger partial charge is 0.410 e. The summed E-state index contributed by atoms with van der Waals surface area (Å²) in [6, 6.07) is 5.01. The van der Waals surface area contributed by atoms with Crippen LogP contribution in [0.2, 0.25) is 5.02 Å². The number of likely N-dealkylation sites (N-methyl/N-ethyl adjacent to an activating group) is 1. The van der Waals surface area contributed by atoms with Crippen LogP contribution in [0.15, 0.2) is 18.2 Å². The van der Waals surface area contributed by atoms with Gasteiger partial charge in [0.15, 0.2) is 0 Å². The molecule has 0 saturated heterocycles. The van der Waals surface area contributed by atoms with Crippen LogP contribution in [0.5, 0.6) is 0 Å². The van der Waals surface area contributed by atoms with Crippen LogP contribution in [0.3, 0.4) is 0 Å². The lowest BCUT2D eigenvalue weighted by molar-refractivity contribution is -0.147. The van der Waals surface area contributed by atoms with Crippen LogP contribution in [0.1, 0.15) is 33.3 Å². The second kappa shape index (κ2) is 6.02.